The molecule has 0 bridgehead atoms. The molecule has 25 heavy (non-hydrogen) atoms. The zero-order valence-corrected chi connectivity index (χ0v) is 13.9. The van der Waals surface area contributed by atoms with Crippen molar-refractivity contribution in [3.8, 4) is 0 Å². The first kappa shape index (κ1) is 17.2. The fraction of sp³-hybridized carbons (Fsp3) is 0.471. The first-order chi connectivity index (χ1) is 12.0. The van der Waals surface area contributed by atoms with E-state index in [4.69, 9.17) is 5.73 Å². The second kappa shape index (κ2) is 7.50. The molecule has 1 fully saturated rings. The van der Waals surface area contributed by atoms with Crippen molar-refractivity contribution in [1.29, 1.82) is 0 Å². The summed E-state index contributed by atoms with van der Waals surface area (Å²) >= 11 is 0. The topological polar surface area (TPSA) is 104 Å². The average molecular weight is 347 g/mol. The molecule has 7 nitrogen and oxygen atoms in total. The van der Waals surface area contributed by atoms with E-state index in [9.17, 15) is 14.0 Å². The lowest BCUT2D eigenvalue weighted by Gasteiger charge is -2.30. The predicted octanol–water partition coefficient (Wildman–Crippen LogP) is 1.54. The maximum Gasteiger partial charge on any atom is 0.314 e. The minimum atomic E-state index is -0.473. The normalized spacial score (nSPS) is 17.6. The minimum Gasteiger partial charge on any atom is -0.356 e. The van der Waals surface area contributed by atoms with Crippen LogP contribution in [0.2, 0.25) is 0 Å². The molecule has 4 N–H and O–H groups in total. The molecule has 1 aromatic carbocycles. The lowest BCUT2D eigenvalue weighted by atomic mass is 9.97. The Hall–Kier alpha value is -2.64. The van der Waals surface area contributed by atoms with Crippen molar-refractivity contribution in [1.82, 2.24) is 20.2 Å². The molecule has 0 aliphatic carbocycles. The number of imidazole rings is 1. The molecule has 2 aromatic rings. The lowest BCUT2D eigenvalue weighted by molar-refractivity contribution is -0.126. The van der Waals surface area contributed by atoms with Crippen LogP contribution in [0, 0.1) is 11.7 Å². The molecular weight excluding hydrogens is 325 g/mol. The number of benzene rings is 1. The fourth-order valence-corrected chi connectivity index (χ4v) is 3.16. The van der Waals surface area contributed by atoms with Crippen LogP contribution in [-0.4, -0.2) is 46.4 Å². The van der Waals surface area contributed by atoms with E-state index in [1.54, 1.807) is 6.07 Å². The molecule has 0 saturated carbocycles. The van der Waals surface area contributed by atoms with E-state index in [-0.39, 0.29) is 17.6 Å². The first-order valence-electron chi connectivity index (χ1n) is 8.49. The van der Waals surface area contributed by atoms with Crippen LogP contribution in [0.25, 0.3) is 11.0 Å². The van der Waals surface area contributed by atoms with Gasteiger partial charge in [0.2, 0.25) is 5.91 Å². The van der Waals surface area contributed by atoms with E-state index in [0.29, 0.717) is 31.6 Å². The third-order valence-electron chi connectivity index (χ3n) is 4.49. The van der Waals surface area contributed by atoms with Crippen molar-refractivity contribution < 1.29 is 14.0 Å². The highest BCUT2D eigenvalue weighted by Gasteiger charge is 2.27. The van der Waals surface area contributed by atoms with E-state index in [2.05, 4.69) is 15.3 Å². The summed E-state index contributed by atoms with van der Waals surface area (Å²) in [7, 11) is 0. The van der Waals surface area contributed by atoms with Gasteiger partial charge in [0.25, 0.3) is 0 Å². The molecule has 3 amide bonds. The second-order valence-electron chi connectivity index (χ2n) is 6.36. The number of aryl methyl sites for hydroxylation is 1. The van der Waals surface area contributed by atoms with Crippen molar-refractivity contribution in [2.45, 2.75) is 25.7 Å². The number of aromatic nitrogens is 2. The van der Waals surface area contributed by atoms with Crippen LogP contribution in [0.4, 0.5) is 9.18 Å². The average Bonchev–Trinajstić information content (AvgIpc) is 3.00. The fourth-order valence-electron chi connectivity index (χ4n) is 3.16. The van der Waals surface area contributed by atoms with E-state index < -0.39 is 6.03 Å². The van der Waals surface area contributed by atoms with E-state index in [1.165, 1.54) is 17.0 Å². The number of amides is 3. The van der Waals surface area contributed by atoms with Crippen LogP contribution in [0.1, 0.15) is 25.1 Å². The smallest absolute Gasteiger partial charge is 0.314 e. The van der Waals surface area contributed by atoms with Crippen LogP contribution in [0.5, 0.6) is 0 Å². The largest absolute Gasteiger partial charge is 0.356 e. The van der Waals surface area contributed by atoms with Crippen molar-refractivity contribution in [2.75, 3.05) is 19.6 Å². The molecule has 1 aliphatic heterocycles. The Bertz CT molecular complexity index is 775. The summed E-state index contributed by atoms with van der Waals surface area (Å²) in [6.45, 7) is 1.53. The highest BCUT2D eigenvalue weighted by atomic mass is 19.1. The number of primary amides is 1. The van der Waals surface area contributed by atoms with E-state index in [0.717, 1.165) is 30.6 Å². The monoisotopic (exact) mass is 347 g/mol. The van der Waals surface area contributed by atoms with Crippen LogP contribution in [0.15, 0.2) is 18.2 Å². The van der Waals surface area contributed by atoms with Gasteiger partial charge < -0.3 is 20.9 Å². The number of nitrogens with one attached hydrogen (secondary N) is 2. The van der Waals surface area contributed by atoms with Gasteiger partial charge in [-0.05, 0) is 37.5 Å². The van der Waals surface area contributed by atoms with E-state index in [1.807, 2.05) is 0 Å². The van der Waals surface area contributed by atoms with Crippen molar-refractivity contribution in [3.63, 3.8) is 0 Å². The summed E-state index contributed by atoms with van der Waals surface area (Å²) in [6.07, 6.45) is 2.94. The number of aromatic amines is 1. The summed E-state index contributed by atoms with van der Waals surface area (Å²) in [5.74, 6) is 0.230. The first-order valence-corrected chi connectivity index (χ1v) is 8.49. The van der Waals surface area contributed by atoms with Gasteiger partial charge in [0.05, 0.1) is 17.0 Å². The Morgan fingerprint density at radius 1 is 1.44 bits per heavy atom. The summed E-state index contributed by atoms with van der Waals surface area (Å²) in [6, 6.07) is 3.97. The second-order valence-corrected chi connectivity index (χ2v) is 6.36. The number of carbonyl (C=O) groups is 2. The molecule has 0 spiro atoms. The number of carbonyl (C=O) groups excluding carboxylic acids is 2. The van der Waals surface area contributed by atoms with E-state index >= 15 is 0 Å². The van der Waals surface area contributed by atoms with Gasteiger partial charge in [-0.25, -0.2) is 14.2 Å². The zero-order valence-electron chi connectivity index (χ0n) is 13.9. The van der Waals surface area contributed by atoms with Gasteiger partial charge in [0.15, 0.2) is 0 Å². The van der Waals surface area contributed by atoms with Gasteiger partial charge in [-0.3, -0.25) is 4.79 Å². The Morgan fingerprint density at radius 3 is 3.08 bits per heavy atom. The molecular formula is C17H22FN5O2. The SMILES string of the molecule is NC(=O)N1CCCC(C(=O)NCCCc2nc3ccc(F)cc3[nH]2)C1. The van der Waals surface area contributed by atoms with Gasteiger partial charge in [-0.15, -0.1) is 0 Å². The van der Waals surface area contributed by atoms with Gasteiger partial charge >= 0.3 is 6.03 Å². The van der Waals surface area contributed by atoms with Crippen molar-refractivity contribution in [3.05, 3.63) is 29.8 Å². The van der Waals surface area contributed by atoms with Gasteiger partial charge in [0.1, 0.15) is 11.6 Å². The van der Waals surface area contributed by atoms with Gasteiger partial charge in [-0.1, -0.05) is 0 Å². The maximum absolute atomic E-state index is 13.2. The standard InChI is InChI=1S/C17H22FN5O2/c18-12-5-6-13-14(9-12)22-15(21-13)4-1-7-20-16(24)11-3-2-8-23(10-11)17(19)25/h5-6,9,11H,1-4,7-8,10H2,(H2,19,25)(H,20,24)(H,21,22). The number of urea groups is 1. The van der Waals surface area contributed by atoms with Crippen LogP contribution < -0.4 is 11.1 Å². The predicted molar refractivity (Wildman–Crippen MR) is 91.3 cm³/mol. The summed E-state index contributed by atoms with van der Waals surface area (Å²) in [5, 5.41) is 2.91. The number of hydrogen-bond donors (Lipinski definition) is 3. The number of nitrogens with zero attached hydrogens (tertiary/aromatic N) is 2. The summed E-state index contributed by atoms with van der Waals surface area (Å²) in [5.41, 5.74) is 6.68. The summed E-state index contributed by atoms with van der Waals surface area (Å²) < 4.78 is 13.2. The lowest BCUT2D eigenvalue weighted by Crippen LogP contribution is -2.47. The van der Waals surface area contributed by atoms with Crippen molar-refractivity contribution >= 4 is 23.0 Å². The number of likely N-dealkylation sites (tertiary alicyclic amines) is 1. The van der Waals surface area contributed by atoms with Crippen LogP contribution in [-0.2, 0) is 11.2 Å². The molecule has 3 rings (SSSR count). The molecule has 1 aliphatic rings. The summed E-state index contributed by atoms with van der Waals surface area (Å²) in [4.78, 5) is 32.4. The molecule has 8 heteroatoms. The number of hydrogen-bond acceptors (Lipinski definition) is 3. The molecule has 0 radical (unpaired) electrons. The number of nitrogens with two attached hydrogens (primary N) is 1. The molecule has 134 valence electrons. The number of fused-ring (bicyclic) bond motifs is 1. The van der Waals surface area contributed by atoms with Crippen LogP contribution >= 0.6 is 0 Å². The molecule has 1 atom stereocenters. The molecule has 1 saturated heterocycles. The Morgan fingerprint density at radius 2 is 2.28 bits per heavy atom. The van der Waals surface area contributed by atoms with Gasteiger partial charge in [0, 0.05) is 26.1 Å². The number of H-pyrrole nitrogens is 1. The maximum atomic E-state index is 13.2. The number of halogens is 1. The van der Waals surface area contributed by atoms with Gasteiger partial charge in [-0.2, -0.15) is 0 Å². The number of rotatable bonds is 5. The number of piperidine rings is 1. The highest BCUT2D eigenvalue weighted by molar-refractivity contribution is 5.80. The third-order valence-corrected chi connectivity index (χ3v) is 4.49. The van der Waals surface area contributed by atoms with Crippen molar-refractivity contribution in [2.24, 2.45) is 11.7 Å². The highest BCUT2D eigenvalue weighted by Crippen LogP contribution is 2.16. The minimum absolute atomic E-state index is 0.0439. The Balaban J connectivity index is 1.44. The van der Waals surface area contributed by atoms with Crippen LogP contribution in [0.3, 0.4) is 0 Å². The Labute approximate surface area is 144 Å². The quantitative estimate of drug-likeness (QED) is 0.715. The molecule has 2 heterocycles. The zero-order chi connectivity index (χ0) is 17.8. The Kier molecular flexibility index (Phi) is 5.16. The third kappa shape index (κ3) is 4.26. The molecule has 1 unspecified atom stereocenters. The molecule has 1 aromatic heterocycles.